The van der Waals surface area contributed by atoms with Crippen LogP contribution in [0.15, 0.2) is 41.8 Å². The molecule has 3 rings (SSSR count). The van der Waals surface area contributed by atoms with Crippen molar-refractivity contribution in [1.29, 1.82) is 0 Å². The van der Waals surface area contributed by atoms with E-state index in [0.717, 1.165) is 17.7 Å². The van der Waals surface area contributed by atoms with Gasteiger partial charge >= 0.3 is 0 Å². The zero-order chi connectivity index (χ0) is 20.3. The maximum Gasteiger partial charge on any atom is 0.254 e. The van der Waals surface area contributed by atoms with Crippen LogP contribution in [0.1, 0.15) is 21.5 Å². The highest BCUT2D eigenvalue weighted by Crippen LogP contribution is 2.31. The van der Waals surface area contributed by atoms with E-state index < -0.39 is 41.6 Å². The summed E-state index contributed by atoms with van der Waals surface area (Å²) < 4.78 is 38.5. The maximum absolute atomic E-state index is 14.4. The second-order valence-corrected chi connectivity index (χ2v) is 6.58. The Morgan fingerprint density at radius 1 is 1.25 bits per heavy atom. The first kappa shape index (κ1) is 19.7. The van der Waals surface area contributed by atoms with Crippen molar-refractivity contribution in [2.45, 2.75) is 6.10 Å². The lowest BCUT2D eigenvalue weighted by atomic mass is 10.1. The molecule has 2 aromatic carbocycles. The van der Waals surface area contributed by atoms with Gasteiger partial charge < -0.3 is 20.3 Å². The number of amides is 1. The molecule has 146 valence electrons. The van der Waals surface area contributed by atoms with Gasteiger partial charge in [-0.2, -0.15) is 0 Å². The Balaban J connectivity index is 1.86. The van der Waals surface area contributed by atoms with Crippen LogP contribution in [0.25, 0.3) is 11.3 Å². The van der Waals surface area contributed by atoms with Gasteiger partial charge in [-0.15, -0.1) is 11.3 Å². The average Bonchev–Trinajstić information content (AvgIpc) is 3.17. The van der Waals surface area contributed by atoms with Crippen molar-refractivity contribution in [3.05, 3.63) is 64.0 Å². The van der Waals surface area contributed by atoms with Crippen molar-refractivity contribution in [3.8, 4) is 22.8 Å². The van der Waals surface area contributed by atoms with Gasteiger partial charge in [0.15, 0.2) is 17.7 Å². The summed E-state index contributed by atoms with van der Waals surface area (Å²) in [4.78, 5) is 15.7. The molecule has 1 heterocycles. The van der Waals surface area contributed by atoms with Gasteiger partial charge in [0.2, 0.25) is 0 Å². The number of aliphatic hydroxyl groups is 1. The van der Waals surface area contributed by atoms with Crippen molar-refractivity contribution in [2.24, 2.45) is 5.73 Å². The molecule has 0 aliphatic rings. The minimum Gasteiger partial charge on any atom is -0.497 e. The van der Waals surface area contributed by atoms with Crippen molar-refractivity contribution in [1.82, 2.24) is 4.98 Å². The number of nitrogens with zero attached hydrogens (tertiary/aromatic N) is 1. The monoisotopic (exact) mass is 406 g/mol. The Morgan fingerprint density at radius 3 is 2.57 bits per heavy atom. The molecule has 0 saturated heterocycles. The van der Waals surface area contributed by atoms with E-state index in [1.165, 1.54) is 11.3 Å². The largest absolute Gasteiger partial charge is 0.497 e. The highest BCUT2D eigenvalue weighted by atomic mass is 32.1. The molecule has 9 heteroatoms. The minimum absolute atomic E-state index is 0.387. The number of hydrogen-bond acceptors (Lipinski definition) is 6. The SMILES string of the molecule is COc1ccc(-c2csc(C(CO)Oc3ccc(F)c(C(N)=O)c3F)n2)cc1. The van der Waals surface area contributed by atoms with Crippen molar-refractivity contribution < 1.29 is 28.2 Å². The van der Waals surface area contributed by atoms with Gasteiger partial charge in [0.05, 0.1) is 19.4 Å². The third-order valence-electron chi connectivity index (χ3n) is 3.92. The van der Waals surface area contributed by atoms with Gasteiger partial charge in [0.1, 0.15) is 22.1 Å². The third kappa shape index (κ3) is 3.95. The van der Waals surface area contributed by atoms with Gasteiger partial charge in [0.25, 0.3) is 5.91 Å². The van der Waals surface area contributed by atoms with Crippen molar-refractivity contribution in [2.75, 3.05) is 13.7 Å². The normalized spacial score (nSPS) is 11.9. The molecule has 0 spiro atoms. The van der Waals surface area contributed by atoms with Crippen molar-refractivity contribution >= 4 is 17.2 Å². The Labute approximate surface area is 163 Å². The summed E-state index contributed by atoms with van der Waals surface area (Å²) in [5.41, 5.74) is 5.57. The van der Waals surface area contributed by atoms with Gasteiger partial charge in [-0.25, -0.2) is 13.8 Å². The quantitative estimate of drug-likeness (QED) is 0.628. The van der Waals surface area contributed by atoms with Crippen LogP contribution in [0, 0.1) is 11.6 Å². The number of hydrogen-bond donors (Lipinski definition) is 2. The molecule has 28 heavy (non-hydrogen) atoms. The van der Waals surface area contributed by atoms with Gasteiger partial charge in [0, 0.05) is 10.9 Å². The number of thiazole rings is 1. The second-order valence-electron chi connectivity index (χ2n) is 5.69. The molecule has 3 aromatic rings. The first-order valence-electron chi connectivity index (χ1n) is 8.09. The molecule has 0 aliphatic carbocycles. The molecule has 1 aromatic heterocycles. The number of rotatable bonds is 7. The fourth-order valence-corrected chi connectivity index (χ4v) is 3.35. The fourth-order valence-electron chi connectivity index (χ4n) is 2.50. The summed E-state index contributed by atoms with van der Waals surface area (Å²) >= 11 is 1.21. The van der Waals surface area contributed by atoms with Crippen LogP contribution >= 0.6 is 11.3 Å². The molecule has 6 nitrogen and oxygen atoms in total. The molecule has 0 saturated carbocycles. The van der Waals surface area contributed by atoms with E-state index in [4.69, 9.17) is 15.2 Å². The zero-order valence-electron chi connectivity index (χ0n) is 14.7. The van der Waals surface area contributed by atoms with Gasteiger partial charge in [-0.3, -0.25) is 4.79 Å². The van der Waals surface area contributed by atoms with Crippen LogP contribution in [0.5, 0.6) is 11.5 Å². The topological polar surface area (TPSA) is 94.7 Å². The Bertz CT molecular complexity index is 992. The summed E-state index contributed by atoms with van der Waals surface area (Å²) in [5.74, 6) is -3.27. The van der Waals surface area contributed by atoms with Crippen LogP contribution in [0.4, 0.5) is 8.78 Å². The molecule has 0 radical (unpaired) electrons. The van der Waals surface area contributed by atoms with E-state index in [9.17, 15) is 18.7 Å². The molecule has 0 bridgehead atoms. The molecule has 3 N–H and O–H groups in total. The highest BCUT2D eigenvalue weighted by Gasteiger charge is 2.23. The Morgan fingerprint density at radius 2 is 1.96 bits per heavy atom. The maximum atomic E-state index is 14.4. The predicted molar refractivity (Wildman–Crippen MR) is 99.4 cm³/mol. The average molecular weight is 406 g/mol. The number of aliphatic hydroxyl groups excluding tert-OH is 1. The number of aromatic nitrogens is 1. The van der Waals surface area contributed by atoms with Crippen molar-refractivity contribution in [3.63, 3.8) is 0 Å². The first-order valence-corrected chi connectivity index (χ1v) is 8.97. The number of ether oxygens (including phenoxy) is 2. The van der Waals surface area contributed by atoms with E-state index >= 15 is 0 Å². The van der Waals surface area contributed by atoms with E-state index in [-0.39, 0.29) is 0 Å². The van der Waals surface area contributed by atoms with E-state index in [0.29, 0.717) is 16.5 Å². The van der Waals surface area contributed by atoms with Crippen LogP contribution in [-0.4, -0.2) is 29.7 Å². The lowest BCUT2D eigenvalue weighted by Gasteiger charge is -2.16. The minimum atomic E-state index is -1.25. The number of halogens is 2. The standard InChI is InChI=1S/C19H16F2N2O4S/c1-26-11-4-2-10(3-5-11)13-9-28-19(23-13)15(8-24)27-14-7-6-12(20)16(17(14)21)18(22)25/h2-7,9,15,24H,8H2,1H3,(H2,22,25). The van der Waals surface area contributed by atoms with Gasteiger partial charge in [-0.05, 0) is 36.4 Å². The highest BCUT2D eigenvalue weighted by molar-refractivity contribution is 7.10. The Kier molecular flexibility index (Phi) is 5.86. The molecular formula is C19H16F2N2O4S. The molecular weight excluding hydrogens is 390 g/mol. The molecule has 1 amide bonds. The van der Waals surface area contributed by atoms with Crippen LogP contribution in [0.3, 0.4) is 0 Å². The lowest BCUT2D eigenvalue weighted by molar-refractivity contribution is 0.0982. The summed E-state index contributed by atoms with van der Waals surface area (Å²) in [6.45, 7) is -0.502. The number of carbonyl (C=O) groups excluding carboxylic acids is 1. The van der Waals surface area contributed by atoms with Gasteiger partial charge in [-0.1, -0.05) is 0 Å². The van der Waals surface area contributed by atoms with Crippen LogP contribution in [-0.2, 0) is 0 Å². The zero-order valence-corrected chi connectivity index (χ0v) is 15.5. The van der Waals surface area contributed by atoms with E-state index in [2.05, 4.69) is 4.98 Å². The number of benzene rings is 2. The van der Waals surface area contributed by atoms with Crippen LogP contribution < -0.4 is 15.2 Å². The lowest BCUT2D eigenvalue weighted by Crippen LogP contribution is -2.18. The number of nitrogens with two attached hydrogens (primary N) is 1. The summed E-state index contributed by atoms with van der Waals surface area (Å²) in [6, 6.07) is 9.12. The second kappa shape index (κ2) is 8.32. The smallest absolute Gasteiger partial charge is 0.254 e. The first-order chi connectivity index (χ1) is 13.4. The number of carbonyl (C=O) groups is 1. The Hall–Kier alpha value is -3.04. The van der Waals surface area contributed by atoms with E-state index in [1.54, 1.807) is 24.6 Å². The predicted octanol–water partition coefficient (Wildman–Crippen LogP) is 3.31. The summed E-state index contributed by atoms with van der Waals surface area (Å²) in [6.07, 6.45) is -1.00. The molecule has 0 fully saturated rings. The van der Waals surface area contributed by atoms with Crippen LogP contribution in [0.2, 0.25) is 0 Å². The van der Waals surface area contributed by atoms with E-state index in [1.807, 2.05) is 12.1 Å². The summed E-state index contributed by atoms with van der Waals surface area (Å²) in [5, 5.41) is 11.8. The fraction of sp³-hybridized carbons (Fsp3) is 0.158. The third-order valence-corrected chi connectivity index (χ3v) is 4.86. The molecule has 1 unspecified atom stereocenters. The molecule has 1 atom stereocenters. The number of primary amides is 1. The molecule has 0 aliphatic heterocycles. The summed E-state index contributed by atoms with van der Waals surface area (Å²) in [7, 11) is 1.57. The number of methoxy groups -OCH3 is 1.